The third-order valence-corrected chi connectivity index (χ3v) is 2.66. The highest BCUT2D eigenvalue weighted by atomic mass is 19.1. The van der Waals surface area contributed by atoms with Crippen LogP contribution >= 0.6 is 0 Å². The van der Waals surface area contributed by atoms with Gasteiger partial charge in [0.05, 0.1) is 10.9 Å². The van der Waals surface area contributed by atoms with E-state index in [1.807, 2.05) is 0 Å². The zero-order valence-electron chi connectivity index (χ0n) is 9.88. The van der Waals surface area contributed by atoms with Gasteiger partial charge in [-0.2, -0.15) is 0 Å². The summed E-state index contributed by atoms with van der Waals surface area (Å²) in [6.07, 6.45) is 1.34. The molecule has 0 amide bonds. The van der Waals surface area contributed by atoms with E-state index in [0.717, 1.165) is 0 Å². The fourth-order valence-electron chi connectivity index (χ4n) is 1.73. The quantitative estimate of drug-likeness (QED) is 0.714. The number of anilines is 1. The summed E-state index contributed by atoms with van der Waals surface area (Å²) in [4.78, 5) is 8.07. The van der Waals surface area contributed by atoms with E-state index in [4.69, 9.17) is 10.5 Å². The lowest BCUT2D eigenvalue weighted by Gasteiger charge is -2.07. The van der Waals surface area contributed by atoms with Gasteiger partial charge in [-0.25, -0.2) is 14.4 Å². The largest absolute Gasteiger partial charge is 0.438 e. The SMILES string of the molecule is Nc1ccc(Oc2ncnc3cc(F)ccc23)cc1. The second-order valence-corrected chi connectivity index (χ2v) is 4.01. The Bertz CT molecular complexity index is 728. The predicted molar refractivity (Wildman–Crippen MR) is 70.4 cm³/mol. The van der Waals surface area contributed by atoms with Crippen molar-refractivity contribution in [3.8, 4) is 11.6 Å². The van der Waals surface area contributed by atoms with E-state index < -0.39 is 0 Å². The molecule has 0 atom stereocenters. The summed E-state index contributed by atoms with van der Waals surface area (Å²) < 4.78 is 18.8. The van der Waals surface area contributed by atoms with Gasteiger partial charge in [-0.1, -0.05) is 0 Å². The Morgan fingerprint density at radius 2 is 1.79 bits per heavy atom. The zero-order chi connectivity index (χ0) is 13.2. The Hall–Kier alpha value is -2.69. The van der Waals surface area contributed by atoms with Crippen molar-refractivity contribution in [1.82, 2.24) is 9.97 Å². The van der Waals surface area contributed by atoms with Crippen molar-refractivity contribution in [2.24, 2.45) is 0 Å². The molecule has 0 unspecified atom stereocenters. The molecule has 0 saturated carbocycles. The molecule has 0 bridgehead atoms. The molecule has 4 nitrogen and oxygen atoms in total. The fraction of sp³-hybridized carbons (Fsp3) is 0. The molecule has 0 fully saturated rings. The van der Waals surface area contributed by atoms with Crippen LogP contribution in [0.4, 0.5) is 10.1 Å². The first-order valence-corrected chi connectivity index (χ1v) is 5.66. The van der Waals surface area contributed by atoms with E-state index >= 15 is 0 Å². The number of nitrogens with zero attached hydrogens (tertiary/aromatic N) is 2. The molecule has 0 aliphatic heterocycles. The van der Waals surface area contributed by atoms with Crippen molar-refractivity contribution in [1.29, 1.82) is 0 Å². The van der Waals surface area contributed by atoms with Crippen LogP contribution in [0.2, 0.25) is 0 Å². The average molecular weight is 255 g/mol. The molecule has 2 aromatic carbocycles. The molecule has 3 rings (SSSR count). The van der Waals surface area contributed by atoms with E-state index in [0.29, 0.717) is 28.2 Å². The molecule has 3 aromatic rings. The molecule has 0 radical (unpaired) electrons. The molecule has 1 heterocycles. The molecule has 0 aliphatic carbocycles. The van der Waals surface area contributed by atoms with Crippen molar-refractivity contribution in [2.75, 3.05) is 5.73 Å². The maximum Gasteiger partial charge on any atom is 0.230 e. The third kappa shape index (κ3) is 2.30. The summed E-state index contributed by atoms with van der Waals surface area (Å²) in [7, 11) is 0. The van der Waals surface area contributed by atoms with Crippen LogP contribution in [0.3, 0.4) is 0 Å². The molecule has 5 heteroatoms. The van der Waals surface area contributed by atoms with E-state index in [1.54, 1.807) is 30.3 Å². The Kier molecular flexibility index (Phi) is 2.72. The number of rotatable bonds is 2. The Morgan fingerprint density at radius 3 is 2.58 bits per heavy atom. The van der Waals surface area contributed by atoms with Crippen LogP contribution < -0.4 is 10.5 Å². The minimum Gasteiger partial charge on any atom is -0.438 e. The highest BCUT2D eigenvalue weighted by Crippen LogP contribution is 2.27. The van der Waals surface area contributed by atoms with Gasteiger partial charge < -0.3 is 10.5 Å². The van der Waals surface area contributed by atoms with Crippen molar-refractivity contribution in [3.05, 3.63) is 54.6 Å². The molecule has 0 aliphatic rings. The highest BCUT2D eigenvalue weighted by Gasteiger charge is 2.06. The lowest BCUT2D eigenvalue weighted by atomic mass is 10.2. The second kappa shape index (κ2) is 4.53. The van der Waals surface area contributed by atoms with Gasteiger partial charge in [-0.3, -0.25) is 0 Å². The van der Waals surface area contributed by atoms with Gasteiger partial charge in [-0.15, -0.1) is 0 Å². The summed E-state index contributed by atoms with van der Waals surface area (Å²) in [6, 6.07) is 11.2. The van der Waals surface area contributed by atoms with Gasteiger partial charge in [0.25, 0.3) is 0 Å². The van der Waals surface area contributed by atoms with Crippen LogP contribution in [0.15, 0.2) is 48.8 Å². The van der Waals surface area contributed by atoms with Crippen molar-refractivity contribution < 1.29 is 9.13 Å². The van der Waals surface area contributed by atoms with Gasteiger partial charge in [0.15, 0.2) is 0 Å². The smallest absolute Gasteiger partial charge is 0.230 e. The van der Waals surface area contributed by atoms with Crippen LogP contribution in [-0.2, 0) is 0 Å². The Morgan fingerprint density at radius 1 is 1.00 bits per heavy atom. The first-order chi connectivity index (χ1) is 9.22. The van der Waals surface area contributed by atoms with Crippen molar-refractivity contribution in [2.45, 2.75) is 0 Å². The van der Waals surface area contributed by atoms with E-state index in [2.05, 4.69) is 9.97 Å². The summed E-state index contributed by atoms with van der Waals surface area (Å²) in [6.45, 7) is 0. The number of halogens is 1. The molecule has 19 heavy (non-hydrogen) atoms. The minimum atomic E-state index is -0.343. The molecule has 0 saturated heterocycles. The fourth-order valence-corrected chi connectivity index (χ4v) is 1.73. The van der Waals surface area contributed by atoms with E-state index in [-0.39, 0.29) is 5.82 Å². The van der Waals surface area contributed by atoms with Crippen LogP contribution in [0, 0.1) is 5.82 Å². The number of aromatic nitrogens is 2. The van der Waals surface area contributed by atoms with Gasteiger partial charge in [0, 0.05) is 11.8 Å². The molecule has 0 spiro atoms. The Labute approximate surface area is 108 Å². The standard InChI is InChI=1S/C14H10FN3O/c15-9-1-6-12-13(7-9)17-8-18-14(12)19-11-4-2-10(16)3-5-11/h1-8H,16H2. The summed E-state index contributed by atoms with van der Waals surface area (Å²) >= 11 is 0. The molecular weight excluding hydrogens is 245 g/mol. The monoisotopic (exact) mass is 255 g/mol. The van der Waals surface area contributed by atoms with Gasteiger partial charge >= 0.3 is 0 Å². The number of benzene rings is 2. The first-order valence-electron chi connectivity index (χ1n) is 5.66. The van der Waals surface area contributed by atoms with Gasteiger partial charge in [-0.05, 0) is 36.4 Å². The zero-order valence-corrected chi connectivity index (χ0v) is 9.88. The lowest BCUT2D eigenvalue weighted by Crippen LogP contribution is -1.92. The number of hydrogen-bond acceptors (Lipinski definition) is 4. The second-order valence-electron chi connectivity index (χ2n) is 4.01. The first kappa shape index (κ1) is 11.4. The number of ether oxygens (including phenoxy) is 1. The third-order valence-electron chi connectivity index (χ3n) is 2.66. The summed E-state index contributed by atoms with van der Waals surface area (Å²) in [5.41, 5.74) is 6.76. The number of nitrogens with two attached hydrogens (primary N) is 1. The van der Waals surface area contributed by atoms with Crippen LogP contribution in [0.5, 0.6) is 11.6 Å². The molecule has 2 N–H and O–H groups in total. The topological polar surface area (TPSA) is 61.0 Å². The summed E-state index contributed by atoms with van der Waals surface area (Å²) in [5, 5.41) is 0.653. The van der Waals surface area contributed by atoms with Gasteiger partial charge in [0.2, 0.25) is 5.88 Å². The number of fused-ring (bicyclic) bond motifs is 1. The average Bonchev–Trinajstić information content (AvgIpc) is 2.41. The predicted octanol–water partition coefficient (Wildman–Crippen LogP) is 3.14. The van der Waals surface area contributed by atoms with Crippen molar-refractivity contribution >= 4 is 16.6 Å². The highest BCUT2D eigenvalue weighted by molar-refractivity contribution is 5.83. The van der Waals surface area contributed by atoms with Gasteiger partial charge in [0.1, 0.15) is 17.9 Å². The molecule has 94 valence electrons. The lowest BCUT2D eigenvalue weighted by molar-refractivity contribution is 0.468. The van der Waals surface area contributed by atoms with Crippen molar-refractivity contribution in [3.63, 3.8) is 0 Å². The van der Waals surface area contributed by atoms with Crippen LogP contribution in [0.1, 0.15) is 0 Å². The van der Waals surface area contributed by atoms with Crippen LogP contribution in [-0.4, -0.2) is 9.97 Å². The van der Waals surface area contributed by atoms with E-state index in [1.165, 1.54) is 18.5 Å². The normalized spacial score (nSPS) is 10.6. The maximum atomic E-state index is 13.1. The molecule has 1 aromatic heterocycles. The number of hydrogen-bond donors (Lipinski definition) is 1. The summed E-state index contributed by atoms with van der Waals surface area (Å²) in [5.74, 6) is 0.651. The number of nitrogen functional groups attached to an aromatic ring is 1. The van der Waals surface area contributed by atoms with E-state index in [9.17, 15) is 4.39 Å². The Balaban J connectivity index is 2.03. The van der Waals surface area contributed by atoms with Crippen LogP contribution in [0.25, 0.3) is 10.9 Å². The maximum absolute atomic E-state index is 13.1. The molecular formula is C14H10FN3O. The minimum absolute atomic E-state index is 0.343.